The van der Waals surface area contributed by atoms with Crippen LogP contribution in [0.15, 0.2) is 17.5 Å². The monoisotopic (exact) mass is 510 g/mol. The Morgan fingerprint density at radius 2 is 2.29 bits per heavy atom. The number of nitriles is 1. The number of aryl methyl sites for hydroxylation is 2. The predicted octanol–water partition coefficient (Wildman–Crippen LogP) is 1.61. The van der Waals surface area contributed by atoms with Gasteiger partial charge >= 0.3 is 0 Å². The lowest BCUT2D eigenvalue weighted by molar-refractivity contribution is -0.130. The number of rotatable bonds is 7. The highest BCUT2D eigenvalue weighted by molar-refractivity contribution is 7.14. The second-order valence-electron chi connectivity index (χ2n) is 8.74. The smallest absolute Gasteiger partial charge is 0.261 e. The van der Waals surface area contributed by atoms with Crippen molar-refractivity contribution in [3.05, 3.63) is 49.1 Å². The van der Waals surface area contributed by atoms with Gasteiger partial charge in [-0.1, -0.05) is 5.21 Å². The molecule has 3 aromatic rings. The second-order valence-corrected chi connectivity index (χ2v) is 10.8. The Kier molecular flexibility index (Phi) is 6.64. The van der Waals surface area contributed by atoms with Crippen molar-refractivity contribution >= 4 is 34.5 Å². The van der Waals surface area contributed by atoms with Crippen LogP contribution in [0.4, 0.5) is 0 Å². The van der Waals surface area contributed by atoms with Crippen molar-refractivity contribution in [3.8, 4) is 6.07 Å². The molecule has 2 amide bonds. The van der Waals surface area contributed by atoms with Crippen molar-refractivity contribution in [2.75, 3.05) is 26.7 Å². The van der Waals surface area contributed by atoms with Crippen LogP contribution < -0.4 is 10.6 Å². The van der Waals surface area contributed by atoms with E-state index in [0.717, 1.165) is 41.7 Å². The lowest BCUT2D eigenvalue weighted by Crippen LogP contribution is -2.42. The van der Waals surface area contributed by atoms with Crippen LogP contribution >= 0.6 is 22.7 Å². The van der Waals surface area contributed by atoms with E-state index in [1.54, 1.807) is 23.3 Å². The molecular weight excluding hydrogens is 484 g/mol. The summed E-state index contributed by atoms with van der Waals surface area (Å²) in [6.07, 6.45) is 3.89. The molecule has 1 saturated heterocycles. The number of tetrazole rings is 1. The SMILES string of the molecule is CNC(=O)c1cc2c(s1)C(CCNCC(=O)N1CCC[C@H]1C#N)(c1nn[nH]n1)c1ccsc1CC2. The lowest BCUT2D eigenvalue weighted by Gasteiger charge is -2.31. The topological polar surface area (TPSA) is 140 Å². The summed E-state index contributed by atoms with van der Waals surface area (Å²) < 4.78 is 0. The number of hydrogen-bond acceptors (Lipinski definition) is 9. The molecule has 35 heavy (non-hydrogen) atoms. The number of nitrogens with zero attached hydrogens (tertiary/aromatic N) is 5. The van der Waals surface area contributed by atoms with Gasteiger partial charge in [-0.15, -0.1) is 32.9 Å². The molecular formula is C23H26N8O2S2. The van der Waals surface area contributed by atoms with Gasteiger partial charge in [-0.05, 0) is 67.3 Å². The zero-order chi connectivity index (χ0) is 24.4. The third kappa shape index (κ3) is 4.13. The Hall–Kier alpha value is -3.14. The minimum atomic E-state index is -0.690. The summed E-state index contributed by atoms with van der Waals surface area (Å²) in [4.78, 5) is 29.9. The molecule has 182 valence electrons. The number of fused-ring (bicyclic) bond motifs is 2. The molecule has 1 fully saturated rings. The summed E-state index contributed by atoms with van der Waals surface area (Å²) in [5.74, 6) is 0.387. The van der Waals surface area contributed by atoms with Crippen molar-refractivity contribution in [1.82, 2.24) is 36.2 Å². The molecule has 0 aromatic carbocycles. The van der Waals surface area contributed by atoms with Crippen LogP contribution in [0.25, 0.3) is 0 Å². The summed E-state index contributed by atoms with van der Waals surface area (Å²) >= 11 is 3.19. The standard InChI is InChI=1S/C23H26N8O2S2/c1-25-21(33)18-11-14-4-5-17-16(6-10-34-17)23(20(14)35-18,22-27-29-30-28-22)7-8-26-13-19(32)31-9-2-3-15(31)12-24/h6,10-11,15,26H,2-5,7-9,13H2,1H3,(H,25,33)(H,27,28,29,30)/t15-,23?/m0/s1. The number of carbonyl (C=O) groups excluding carboxylic acids is 2. The van der Waals surface area contributed by atoms with Gasteiger partial charge in [-0.25, -0.2) is 0 Å². The largest absolute Gasteiger partial charge is 0.354 e. The highest BCUT2D eigenvalue weighted by atomic mass is 32.1. The molecule has 12 heteroatoms. The summed E-state index contributed by atoms with van der Waals surface area (Å²) in [6.45, 7) is 1.32. The van der Waals surface area contributed by atoms with Crippen LogP contribution in [0, 0.1) is 11.3 Å². The quantitative estimate of drug-likeness (QED) is 0.410. The number of aromatic amines is 1. The van der Waals surface area contributed by atoms with Crippen LogP contribution in [0.2, 0.25) is 0 Å². The van der Waals surface area contributed by atoms with Crippen molar-refractivity contribution in [2.24, 2.45) is 0 Å². The Morgan fingerprint density at radius 3 is 3.06 bits per heavy atom. The first-order chi connectivity index (χ1) is 17.1. The highest BCUT2D eigenvalue weighted by Crippen LogP contribution is 2.49. The first-order valence-corrected chi connectivity index (χ1v) is 13.3. The maximum absolute atomic E-state index is 12.7. The molecule has 2 atom stereocenters. The fraction of sp³-hybridized carbons (Fsp3) is 0.478. The van der Waals surface area contributed by atoms with Gasteiger partial charge in [-0.3, -0.25) is 9.59 Å². The summed E-state index contributed by atoms with van der Waals surface area (Å²) in [7, 11) is 1.63. The summed E-state index contributed by atoms with van der Waals surface area (Å²) in [6, 6.07) is 6.00. The van der Waals surface area contributed by atoms with Gasteiger partial charge in [0.2, 0.25) is 5.91 Å². The van der Waals surface area contributed by atoms with Gasteiger partial charge in [0.1, 0.15) is 6.04 Å². The second kappa shape index (κ2) is 9.85. The minimum Gasteiger partial charge on any atom is -0.354 e. The van der Waals surface area contributed by atoms with Crippen LogP contribution in [-0.4, -0.2) is 70.1 Å². The van der Waals surface area contributed by atoms with Gasteiger partial charge in [0.05, 0.1) is 22.9 Å². The molecule has 2 aliphatic rings. The number of carbonyl (C=O) groups is 2. The Morgan fingerprint density at radius 1 is 1.40 bits per heavy atom. The first kappa shape index (κ1) is 23.6. The van der Waals surface area contributed by atoms with E-state index in [1.165, 1.54) is 16.2 Å². The number of nitrogens with one attached hydrogen (secondary N) is 3. The normalized spacial score (nSPS) is 21.1. The van der Waals surface area contributed by atoms with Crippen LogP contribution in [0.1, 0.15) is 55.6 Å². The van der Waals surface area contributed by atoms with Crippen molar-refractivity contribution in [3.63, 3.8) is 0 Å². The Bertz CT molecular complexity index is 1260. The predicted molar refractivity (Wildman–Crippen MR) is 131 cm³/mol. The third-order valence-corrected chi connectivity index (χ3v) is 9.19. The van der Waals surface area contributed by atoms with E-state index in [4.69, 9.17) is 0 Å². The van der Waals surface area contributed by atoms with Crippen molar-refractivity contribution in [1.29, 1.82) is 5.26 Å². The van der Waals surface area contributed by atoms with Gasteiger partial charge in [0.25, 0.3) is 5.91 Å². The lowest BCUT2D eigenvalue weighted by atomic mass is 9.75. The molecule has 0 spiro atoms. The van der Waals surface area contributed by atoms with Crippen molar-refractivity contribution < 1.29 is 9.59 Å². The number of likely N-dealkylation sites (tertiary alicyclic amines) is 1. The average molecular weight is 511 g/mol. The number of amides is 2. The molecule has 4 heterocycles. The Balaban J connectivity index is 1.46. The van der Waals surface area contributed by atoms with E-state index in [-0.39, 0.29) is 24.4 Å². The van der Waals surface area contributed by atoms with Gasteiger partial charge in [0, 0.05) is 23.3 Å². The molecule has 1 aliphatic carbocycles. The first-order valence-electron chi connectivity index (χ1n) is 11.6. The maximum atomic E-state index is 12.7. The fourth-order valence-electron chi connectivity index (χ4n) is 5.19. The Labute approximate surface area is 210 Å². The molecule has 0 bridgehead atoms. The molecule has 10 nitrogen and oxygen atoms in total. The maximum Gasteiger partial charge on any atom is 0.261 e. The van der Waals surface area contributed by atoms with E-state index in [2.05, 4.69) is 48.8 Å². The van der Waals surface area contributed by atoms with Crippen molar-refractivity contribution in [2.45, 2.75) is 43.6 Å². The molecule has 1 unspecified atom stereocenters. The van der Waals surface area contributed by atoms with Gasteiger partial charge in [-0.2, -0.15) is 10.5 Å². The molecule has 3 N–H and O–H groups in total. The number of thiophene rings is 2. The van der Waals surface area contributed by atoms with E-state index < -0.39 is 5.41 Å². The molecule has 3 aromatic heterocycles. The molecule has 5 rings (SSSR count). The molecule has 1 aliphatic heterocycles. The van der Waals surface area contributed by atoms with E-state index in [0.29, 0.717) is 30.2 Å². The van der Waals surface area contributed by atoms with Gasteiger partial charge < -0.3 is 15.5 Å². The van der Waals surface area contributed by atoms with E-state index >= 15 is 0 Å². The third-order valence-electron chi connectivity index (χ3n) is 6.88. The average Bonchev–Trinajstić information content (AvgIpc) is 3.68. The van der Waals surface area contributed by atoms with Gasteiger partial charge in [0.15, 0.2) is 5.82 Å². The zero-order valence-corrected chi connectivity index (χ0v) is 21.0. The molecule has 0 saturated carbocycles. The number of aromatic nitrogens is 4. The molecule has 0 radical (unpaired) electrons. The van der Waals surface area contributed by atoms with E-state index in [9.17, 15) is 14.9 Å². The zero-order valence-electron chi connectivity index (χ0n) is 19.3. The summed E-state index contributed by atoms with van der Waals surface area (Å²) in [5.41, 5.74) is 1.56. The number of H-pyrrole nitrogens is 1. The van der Waals surface area contributed by atoms with Crippen LogP contribution in [-0.2, 0) is 23.1 Å². The number of hydrogen-bond donors (Lipinski definition) is 3. The summed E-state index contributed by atoms with van der Waals surface area (Å²) in [5, 5.41) is 32.8. The van der Waals surface area contributed by atoms with E-state index in [1.807, 2.05) is 6.07 Å². The van der Waals surface area contributed by atoms with Crippen LogP contribution in [0.5, 0.6) is 0 Å². The fourth-order valence-corrected chi connectivity index (χ4v) is 7.54. The minimum absolute atomic E-state index is 0.0570. The highest BCUT2D eigenvalue weighted by Gasteiger charge is 2.46. The van der Waals surface area contributed by atoms with Crippen LogP contribution in [0.3, 0.4) is 0 Å².